The highest BCUT2D eigenvalue weighted by Gasteiger charge is 2.37. The van der Waals surface area contributed by atoms with Gasteiger partial charge in [-0.3, -0.25) is 47.9 Å². The smallest absolute Gasteiger partial charge is 0.319 e. The second kappa shape index (κ2) is 37.0. The minimum atomic E-state index is -1.76. The summed E-state index contributed by atoms with van der Waals surface area (Å²) >= 11 is 6.16. The van der Waals surface area contributed by atoms with E-state index in [1.165, 1.54) is 26.0 Å². The van der Waals surface area contributed by atoms with Crippen LogP contribution in [0, 0.1) is 5.92 Å². The number of para-hydroxylation sites is 1. The molecule has 0 radical (unpaired) electrons. The molecule has 12 amide bonds. The second-order valence-electron chi connectivity index (χ2n) is 21.0. The molecule has 2 aromatic rings. The molecule has 0 unspecified atom stereocenters. The molecule has 0 spiro atoms. The summed E-state index contributed by atoms with van der Waals surface area (Å²) in [5.41, 5.74) is 24.3. The number of anilines is 1. The van der Waals surface area contributed by atoms with Crippen molar-refractivity contribution in [3.63, 3.8) is 0 Å². The third-order valence-electron chi connectivity index (χ3n) is 13.4. The Kier molecular flexibility index (Phi) is 31.2. The van der Waals surface area contributed by atoms with E-state index in [-0.39, 0.29) is 87.8 Å². The quantitative estimate of drug-likeness (QED) is 0.0476. The van der Waals surface area contributed by atoms with Crippen molar-refractivity contribution in [1.29, 1.82) is 0 Å². The van der Waals surface area contributed by atoms with Crippen LogP contribution >= 0.6 is 11.6 Å². The summed E-state index contributed by atoms with van der Waals surface area (Å²) in [6, 6.07) is -0.871. The average Bonchev–Trinajstić information content (AvgIpc) is 3.68. The number of rotatable bonds is 24. The minimum Gasteiger partial charge on any atom is -0.391 e. The van der Waals surface area contributed by atoms with E-state index in [0.717, 1.165) is 0 Å². The Hall–Kier alpha value is -7.54. The van der Waals surface area contributed by atoms with Gasteiger partial charge in [0.05, 0.1) is 22.9 Å². The lowest BCUT2D eigenvalue weighted by atomic mass is 10.00. The van der Waals surface area contributed by atoms with E-state index >= 15 is 0 Å². The van der Waals surface area contributed by atoms with Gasteiger partial charge < -0.3 is 96.9 Å². The third-order valence-corrected chi connectivity index (χ3v) is 13.8. The number of benzene rings is 2. The minimum absolute atomic E-state index is 0.0682. The fraction of sp³-hybridized carbons (Fsp3) is 0.582. The van der Waals surface area contributed by atoms with Gasteiger partial charge in [0.2, 0.25) is 59.1 Å². The van der Waals surface area contributed by atoms with Crippen LogP contribution in [0.2, 0.25) is 5.02 Å². The summed E-state index contributed by atoms with van der Waals surface area (Å²) in [7, 11) is 0. The van der Waals surface area contributed by atoms with Crippen LogP contribution in [0.3, 0.4) is 0 Å². The van der Waals surface area contributed by atoms with Crippen LogP contribution in [0.5, 0.6) is 0 Å². The number of nitrogens with one attached hydrogen (secondary N) is 12. The van der Waals surface area contributed by atoms with Crippen LogP contribution in [0.1, 0.15) is 91.5 Å². The summed E-state index contributed by atoms with van der Waals surface area (Å²) in [4.78, 5) is 154. The van der Waals surface area contributed by atoms with E-state index in [9.17, 15) is 63.0 Å². The molecule has 1 saturated heterocycles. The summed E-state index contributed by atoms with van der Waals surface area (Å²) in [6.45, 7) is 6.57. The predicted octanol–water partition coefficient (Wildman–Crippen LogP) is -4.04. The van der Waals surface area contributed by atoms with Gasteiger partial charge in [-0.25, -0.2) is 4.79 Å². The number of nitrogens with two attached hydrogens (primary N) is 4. The van der Waals surface area contributed by atoms with Gasteiger partial charge in [0.25, 0.3) is 0 Å². The highest BCUT2D eigenvalue weighted by atomic mass is 35.5. The molecule has 0 aliphatic carbocycles. The highest BCUT2D eigenvalue weighted by Crippen LogP contribution is 2.20. The second-order valence-corrected chi connectivity index (χ2v) is 21.4. The Balaban J connectivity index is 2.08. The third kappa shape index (κ3) is 24.2. The maximum absolute atomic E-state index is 14.5. The maximum atomic E-state index is 14.5. The van der Waals surface area contributed by atoms with Crippen LogP contribution < -0.4 is 86.7 Å². The van der Waals surface area contributed by atoms with Gasteiger partial charge in [-0.2, -0.15) is 0 Å². The Bertz CT molecular complexity index is 2570. The molecule has 1 aliphatic rings. The SMILES string of the molecule is CCC[C@@H]1NC(=O)[C@H](CC(C)C)NC(=O)[C@@H](Cc2ccccc2)NC(=O)[C@H](CCN)NC(=O)[C@@H](NC(=O)[C@H](CCN)NC(=O)[C@@H](NC(=O)[C@H](CCN)NC(=O)Nc2ccccc2Cl)[C@@H](C)O)CCNC(=O)[C@H]([C@@H](C)O)NC(=O)[C@H](CCN)NC1=O. The van der Waals surface area contributed by atoms with Crippen molar-refractivity contribution >= 4 is 82.4 Å². The average molecular weight is 1220 g/mol. The first-order valence-corrected chi connectivity index (χ1v) is 28.8. The van der Waals surface area contributed by atoms with E-state index in [2.05, 4.69) is 63.8 Å². The first kappa shape index (κ1) is 71.7. The number of hydrogen-bond donors (Lipinski definition) is 18. The van der Waals surface area contributed by atoms with Gasteiger partial charge in [-0.1, -0.05) is 81.3 Å². The standard InChI is InChI=1S/C55H87ClN16O13/c1-6-12-35-45(75)64-38(19-24-59)49(79)71-43(30(4)73)53(83)61-26-21-40(48(78)63-36(17-22-57)47(77)68-42(28-32-13-8-7-9-14-32)52(82)67-41(27-29(2)3)51(81)62-35)65-46(76)37(18-23-58)66-54(84)44(31(5)74)72-50(80)39(20-25-60)70-55(85)69-34-16-11-10-15-33(34)56/h7-11,13-16,29-31,35-44,73-74H,6,12,17-28,57-60H2,1-5H3,(H,61,83)(H,62,81)(H,63,78)(H,64,75)(H,65,76)(H,66,84)(H,67,82)(H,68,77)(H,71,79)(H,72,80)(H2,69,70,85)/t30-,31-,35+,36+,37+,38+,39+,40+,41+,42-,43+,44+/m1/s1. The summed E-state index contributed by atoms with van der Waals surface area (Å²) in [5.74, 6) is -9.54. The first-order chi connectivity index (χ1) is 40.4. The largest absolute Gasteiger partial charge is 0.391 e. The van der Waals surface area contributed by atoms with E-state index in [4.69, 9.17) is 34.5 Å². The number of amides is 12. The molecule has 85 heavy (non-hydrogen) atoms. The molecule has 1 fully saturated rings. The summed E-state index contributed by atoms with van der Waals surface area (Å²) in [5, 5.41) is 52.2. The van der Waals surface area contributed by atoms with Crippen molar-refractivity contribution in [3.05, 3.63) is 65.2 Å². The van der Waals surface area contributed by atoms with Gasteiger partial charge in [-0.15, -0.1) is 0 Å². The molecule has 0 bridgehead atoms. The summed E-state index contributed by atoms with van der Waals surface area (Å²) in [6.07, 6.45) is -4.04. The van der Waals surface area contributed by atoms with Crippen molar-refractivity contribution in [3.8, 4) is 0 Å². The topological polar surface area (TPSA) is 477 Å². The molecule has 2 aromatic carbocycles. The number of halogens is 1. The van der Waals surface area contributed by atoms with Gasteiger partial charge in [0.15, 0.2) is 0 Å². The van der Waals surface area contributed by atoms with Gasteiger partial charge >= 0.3 is 6.03 Å². The number of aliphatic hydroxyl groups is 2. The fourth-order valence-corrected chi connectivity index (χ4v) is 9.06. The van der Waals surface area contributed by atoms with Crippen molar-refractivity contribution < 1.29 is 63.0 Å². The van der Waals surface area contributed by atoms with Crippen LogP contribution in [-0.4, -0.2) is 181 Å². The molecule has 0 aromatic heterocycles. The molecule has 22 N–H and O–H groups in total. The van der Waals surface area contributed by atoms with Crippen LogP contribution in [0.4, 0.5) is 10.5 Å². The molecular formula is C55H87ClN16O13. The van der Waals surface area contributed by atoms with Gasteiger partial charge in [0, 0.05) is 13.0 Å². The van der Waals surface area contributed by atoms with E-state index in [1.807, 2.05) is 0 Å². The molecule has 30 heteroatoms. The fourth-order valence-electron chi connectivity index (χ4n) is 8.87. The molecule has 0 saturated carbocycles. The van der Waals surface area contributed by atoms with Crippen LogP contribution in [0.15, 0.2) is 54.6 Å². The molecule has 1 heterocycles. The zero-order valence-corrected chi connectivity index (χ0v) is 49.4. The number of carbonyl (C=O) groups excluding carboxylic acids is 11. The van der Waals surface area contributed by atoms with Crippen molar-refractivity contribution in [1.82, 2.24) is 58.5 Å². The first-order valence-electron chi connectivity index (χ1n) is 28.4. The zero-order valence-electron chi connectivity index (χ0n) is 48.7. The Morgan fingerprint density at radius 2 is 1.09 bits per heavy atom. The van der Waals surface area contributed by atoms with E-state index in [1.54, 1.807) is 63.2 Å². The number of aliphatic hydroxyl groups excluding tert-OH is 2. The monoisotopic (exact) mass is 1210 g/mol. The Morgan fingerprint density at radius 1 is 0.588 bits per heavy atom. The maximum Gasteiger partial charge on any atom is 0.319 e. The normalized spacial score (nSPS) is 22.4. The lowest BCUT2D eigenvalue weighted by Gasteiger charge is -2.29. The van der Waals surface area contributed by atoms with Crippen molar-refractivity contribution in [2.45, 2.75) is 165 Å². The molecule has 1 aliphatic heterocycles. The number of carbonyl (C=O) groups is 11. The lowest BCUT2D eigenvalue weighted by molar-refractivity contribution is -0.136. The van der Waals surface area contributed by atoms with Crippen molar-refractivity contribution in [2.24, 2.45) is 28.9 Å². The molecule has 12 atom stereocenters. The van der Waals surface area contributed by atoms with Gasteiger partial charge in [0.1, 0.15) is 60.4 Å². The summed E-state index contributed by atoms with van der Waals surface area (Å²) < 4.78 is 0. The highest BCUT2D eigenvalue weighted by molar-refractivity contribution is 6.33. The van der Waals surface area contributed by atoms with E-state index in [0.29, 0.717) is 12.0 Å². The molecule has 472 valence electrons. The van der Waals surface area contributed by atoms with Crippen LogP contribution in [0.25, 0.3) is 0 Å². The Labute approximate surface area is 499 Å². The molecular weight excluding hydrogens is 1130 g/mol. The predicted molar refractivity (Wildman–Crippen MR) is 315 cm³/mol. The number of urea groups is 1. The van der Waals surface area contributed by atoms with Crippen molar-refractivity contribution in [2.75, 3.05) is 38.0 Å². The zero-order chi connectivity index (χ0) is 63.3. The number of hydrogen-bond acceptors (Lipinski definition) is 17. The lowest BCUT2D eigenvalue weighted by Crippen LogP contribution is -2.62. The van der Waals surface area contributed by atoms with Crippen LogP contribution in [-0.2, 0) is 54.4 Å². The van der Waals surface area contributed by atoms with Gasteiger partial charge in [-0.05, 0) is 109 Å². The molecule has 29 nitrogen and oxygen atoms in total. The van der Waals surface area contributed by atoms with E-state index < -0.39 is 151 Å². The Morgan fingerprint density at radius 3 is 1.64 bits per heavy atom. The molecule has 3 rings (SSSR count).